The van der Waals surface area contributed by atoms with Crippen molar-refractivity contribution in [3.63, 3.8) is 0 Å². The average molecular weight is 419 g/mol. The molecule has 1 amide bonds. The summed E-state index contributed by atoms with van der Waals surface area (Å²) in [5, 5.41) is 13.2. The minimum absolute atomic E-state index is 0.0266. The van der Waals surface area contributed by atoms with Crippen LogP contribution in [0.1, 0.15) is 6.42 Å². The summed E-state index contributed by atoms with van der Waals surface area (Å²) in [6.45, 7) is 0.758. The van der Waals surface area contributed by atoms with Crippen LogP contribution < -0.4 is 19.5 Å². The van der Waals surface area contributed by atoms with Gasteiger partial charge in [0.2, 0.25) is 11.9 Å². The van der Waals surface area contributed by atoms with E-state index in [1.165, 1.54) is 42.5 Å². The smallest absolute Gasteiger partial charge is 0.262 e. The normalized spacial score (nSPS) is 19.9. The predicted molar refractivity (Wildman–Crippen MR) is 102 cm³/mol. The highest BCUT2D eigenvalue weighted by atomic mass is 32.2. The van der Waals surface area contributed by atoms with Crippen molar-refractivity contribution in [2.24, 2.45) is 5.92 Å². The lowest BCUT2D eigenvalue weighted by molar-refractivity contribution is -0.497. The number of benzene rings is 2. The zero-order valence-electron chi connectivity index (χ0n) is 15.0. The topological polar surface area (TPSA) is 137 Å². The van der Waals surface area contributed by atoms with Crippen LogP contribution in [-0.2, 0) is 14.8 Å². The third-order valence-electron chi connectivity index (χ3n) is 4.59. The second kappa shape index (κ2) is 7.24. The summed E-state index contributed by atoms with van der Waals surface area (Å²) in [4.78, 5) is 22.2. The number of carbonyl (C=O) groups excluding carboxylic acids is 1. The Morgan fingerprint density at radius 1 is 1.03 bits per heavy atom. The first-order chi connectivity index (χ1) is 13.8. The summed E-state index contributed by atoms with van der Waals surface area (Å²) < 4.78 is 38.5. The Morgan fingerprint density at radius 2 is 1.69 bits per heavy atom. The maximum absolute atomic E-state index is 12.6. The second-order valence-corrected chi connectivity index (χ2v) is 8.35. The molecule has 11 heteroatoms. The van der Waals surface area contributed by atoms with Gasteiger partial charge in [0, 0.05) is 28.8 Å². The number of nitro groups is 1. The molecule has 2 N–H and O–H groups in total. The van der Waals surface area contributed by atoms with Crippen molar-refractivity contribution in [1.29, 1.82) is 0 Å². The van der Waals surface area contributed by atoms with E-state index in [4.69, 9.17) is 9.47 Å². The molecule has 2 atom stereocenters. The monoisotopic (exact) mass is 419 g/mol. The van der Waals surface area contributed by atoms with Crippen LogP contribution >= 0.6 is 0 Å². The molecule has 10 nitrogen and oxygen atoms in total. The number of nitrogens with zero attached hydrogens (tertiary/aromatic N) is 1. The van der Waals surface area contributed by atoms with Gasteiger partial charge in [-0.2, -0.15) is 0 Å². The summed E-state index contributed by atoms with van der Waals surface area (Å²) in [5.41, 5.74) is 0.721. The van der Waals surface area contributed by atoms with Crippen LogP contribution in [0.15, 0.2) is 47.4 Å². The van der Waals surface area contributed by atoms with E-state index in [0.717, 1.165) is 0 Å². The molecule has 2 aromatic carbocycles. The van der Waals surface area contributed by atoms with E-state index >= 15 is 0 Å². The number of hydrogen-bond donors (Lipinski definition) is 2. The highest BCUT2D eigenvalue weighted by molar-refractivity contribution is 7.92. The summed E-state index contributed by atoms with van der Waals surface area (Å²) >= 11 is 0. The third kappa shape index (κ3) is 4.09. The van der Waals surface area contributed by atoms with Crippen molar-refractivity contribution in [2.45, 2.75) is 17.4 Å². The van der Waals surface area contributed by atoms with Gasteiger partial charge in [0.05, 0.1) is 4.90 Å². The van der Waals surface area contributed by atoms with Gasteiger partial charge in [-0.25, -0.2) is 8.42 Å². The van der Waals surface area contributed by atoms with Crippen molar-refractivity contribution < 1.29 is 27.6 Å². The Kier molecular flexibility index (Phi) is 4.74. The Balaban J connectivity index is 1.42. The fourth-order valence-electron chi connectivity index (χ4n) is 2.96. The molecular formula is C18H17N3O7S. The van der Waals surface area contributed by atoms with Crippen molar-refractivity contribution in [3.05, 3.63) is 52.6 Å². The Bertz CT molecular complexity index is 1070. The highest BCUT2D eigenvalue weighted by Crippen LogP contribution is 2.34. The Morgan fingerprint density at radius 3 is 2.34 bits per heavy atom. The molecule has 29 heavy (non-hydrogen) atoms. The summed E-state index contributed by atoms with van der Waals surface area (Å²) in [6.07, 6.45) is 0.228. The van der Waals surface area contributed by atoms with Gasteiger partial charge in [-0.3, -0.25) is 19.6 Å². The van der Waals surface area contributed by atoms with Gasteiger partial charge in [0.1, 0.15) is 19.1 Å². The summed E-state index contributed by atoms with van der Waals surface area (Å²) in [5.74, 6) is -0.190. The molecule has 1 aliphatic carbocycles. The highest BCUT2D eigenvalue weighted by Gasteiger charge is 2.53. The maximum atomic E-state index is 12.6. The first kappa shape index (κ1) is 19.0. The zero-order chi connectivity index (χ0) is 20.6. The second-order valence-electron chi connectivity index (χ2n) is 6.67. The predicted octanol–water partition coefficient (Wildman–Crippen LogP) is 1.86. The lowest BCUT2D eigenvalue weighted by Crippen LogP contribution is -2.18. The van der Waals surface area contributed by atoms with E-state index in [1.54, 1.807) is 0 Å². The van der Waals surface area contributed by atoms with E-state index < -0.39 is 32.8 Å². The van der Waals surface area contributed by atoms with E-state index in [0.29, 0.717) is 36.1 Å². The van der Waals surface area contributed by atoms with Crippen LogP contribution in [0, 0.1) is 16.0 Å². The van der Waals surface area contributed by atoms with Gasteiger partial charge < -0.3 is 14.8 Å². The fourth-order valence-corrected chi connectivity index (χ4v) is 4.03. The van der Waals surface area contributed by atoms with Gasteiger partial charge in [-0.15, -0.1) is 0 Å². The number of fused-ring (bicyclic) bond motifs is 1. The molecule has 2 aromatic rings. The standard InChI is InChI=1S/C18H17N3O7S/c22-18(14-10-15(14)21(23)24)19-11-1-3-12(4-2-11)20-29(25,26)13-5-6-16-17(9-13)28-8-7-27-16/h1-6,9,14-15,20H,7-8,10H2,(H,19,22)/t14-,15-/m0/s1. The minimum atomic E-state index is -3.85. The zero-order valence-corrected chi connectivity index (χ0v) is 15.8. The van der Waals surface area contributed by atoms with Crippen molar-refractivity contribution >= 4 is 27.3 Å². The third-order valence-corrected chi connectivity index (χ3v) is 5.97. The van der Waals surface area contributed by atoms with Crippen molar-refractivity contribution in [1.82, 2.24) is 0 Å². The molecule has 4 rings (SSSR count). The largest absolute Gasteiger partial charge is 0.486 e. The molecule has 2 aliphatic rings. The molecule has 0 radical (unpaired) electrons. The molecular weight excluding hydrogens is 402 g/mol. The molecule has 0 saturated heterocycles. The van der Waals surface area contributed by atoms with Gasteiger partial charge in [0.25, 0.3) is 10.0 Å². The summed E-state index contributed by atoms with van der Waals surface area (Å²) in [6, 6.07) is 9.54. The Labute approximate surface area is 166 Å². The first-order valence-corrected chi connectivity index (χ1v) is 10.3. The number of anilines is 2. The van der Waals surface area contributed by atoms with E-state index in [9.17, 15) is 23.3 Å². The number of ether oxygens (including phenoxy) is 2. The van der Waals surface area contributed by atoms with Gasteiger partial charge in [0.15, 0.2) is 11.5 Å². The SMILES string of the molecule is O=C(Nc1ccc(NS(=O)(=O)c2ccc3c(c2)OCCO3)cc1)[C@H]1C[C@@H]1[N+](=O)[O-]. The van der Waals surface area contributed by atoms with Crippen LogP contribution in [0.25, 0.3) is 0 Å². The van der Waals surface area contributed by atoms with Crippen molar-refractivity contribution in [2.75, 3.05) is 23.3 Å². The lowest BCUT2D eigenvalue weighted by atomic mass is 10.2. The van der Waals surface area contributed by atoms with Crippen LogP contribution in [-0.4, -0.2) is 38.5 Å². The number of nitrogens with one attached hydrogen (secondary N) is 2. The van der Waals surface area contributed by atoms with Crippen LogP contribution in [0.3, 0.4) is 0 Å². The minimum Gasteiger partial charge on any atom is -0.486 e. The molecule has 0 unspecified atom stereocenters. The molecule has 1 saturated carbocycles. The quantitative estimate of drug-likeness (QED) is 0.538. The number of rotatable bonds is 6. The van der Waals surface area contributed by atoms with Crippen LogP contribution in [0.4, 0.5) is 11.4 Å². The van der Waals surface area contributed by atoms with Gasteiger partial charge in [-0.1, -0.05) is 0 Å². The summed E-state index contributed by atoms with van der Waals surface area (Å²) in [7, 11) is -3.85. The lowest BCUT2D eigenvalue weighted by Gasteiger charge is -2.19. The molecule has 1 fully saturated rings. The van der Waals surface area contributed by atoms with Crippen molar-refractivity contribution in [3.8, 4) is 11.5 Å². The number of amides is 1. The molecule has 152 valence electrons. The fraction of sp³-hybridized carbons (Fsp3) is 0.278. The van der Waals surface area contributed by atoms with Crippen LogP contribution in [0.5, 0.6) is 11.5 Å². The average Bonchev–Trinajstić information content (AvgIpc) is 3.50. The number of hydrogen-bond acceptors (Lipinski definition) is 7. The molecule has 0 spiro atoms. The van der Waals surface area contributed by atoms with Gasteiger partial charge in [-0.05, 0) is 36.4 Å². The molecule has 0 bridgehead atoms. The first-order valence-electron chi connectivity index (χ1n) is 8.80. The molecule has 0 aromatic heterocycles. The van der Waals surface area contributed by atoms with E-state index in [2.05, 4.69) is 10.0 Å². The maximum Gasteiger partial charge on any atom is 0.262 e. The Hall–Kier alpha value is -3.34. The number of sulfonamides is 1. The van der Waals surface area contributed by atoms with E-state index in [-0.39, 0.29) is 11.3 Å². The molecule has 1 aliphatic heterocycles. The van der Waals surface area contributed by atoms with Crippen LogP contribution in [0.2, 0.25) is 0 Å². The van der Waals surface area contributed by atoms with E-state index in [1.807, 2.05) is 0 Å². The van der Waals surface area contributed by atoms with Gasteiger partial charge >= 0.3 is 0 Å². The molecule has 1 heterocycles. The number of carbonyl (C=O) groups is 1.